The van der Waals surface area contributed by atoms with E-state index in [1.165, 1.54) is 17.0 Å². The second-order valence-corrected chi connectivity index (χ2v) is 6.15. The third-order valence-corrected chi connectivity index (χ3v) is 4.29. The molecular formula is C14H15BrFNO3. The first-order chi connectivity index (χ1) is 9.35. The molecule has 0 radical (unpaired) electrons. The van der Waals surface area contributed by atoms with Crippen LogP contribution in [0, 0.1) is 11.2 Å². The molecule has 4 nitrogen and oxygen atoms in total. The molecule has 1 amide bonds. The van der Waals surface area contributed by atoms with Gasteiger partial charge in [-0.1, -0.05) is 6.07 Å². The third kappa shape index (κ3) is 2.70. The Hall–Kier alpha value is -1.43. The number of carboxylic acids is 1. The van der Waals surface area contributed by atoms with Crippen LogP contribution in [0.2, 0.25) is 0 Å². The van der Waals surface area contributed by atoms with Crippen molar-refractivity contribution in [2.45, 2.75) is 19.8 Å². The summed E-state index contributed by atoms with van der Waals surface area (Å²) in [6, 6.07) is 4.51. The maximum absolute atomic E-state index is 13.9. The van der Waals surface area contributed by atoms with Crippen molar-refractivity contribution in [3.8, 4) is 0 Å². The van der Waals surface area contributed by atoms with Gasteiger partial charge in [0.2, 0.25) is 0 Å². The topological polar surface area (TPSA) is 57.6 Å². The number of hydrogen-bond donors (Lipinski definition) is 1. The second-order valence-electron chi connectivity index (χ2n) is 5.30. The molecule has 0 aliphatic carbocycles. The van der Waals surface area contributed by atoms with Crippen molar-refractivity contribution >= 4 is 27.8 Å². The fourth-order valence-electron chi connectivity index (χ4n) is 2.43. The number of rotatable bonds is 2. The van der Waals surface area contributed by atoms with Crippen LogP contribution in [0.25, 0.3) is 0 Å². The average molecular weight is 344 g/mol. The van der Waals surface area contributed by atoms with Gasteiger partial charge in [0.1, 0.15) is 5.82 Å². The molecule has 1 unspecified atom stereocenters. The summed E-state index contributed by atoms with van der Waals surface area (Å²) in [5.74, 6) is -2.00. The largest absolute Gasteiger partial charge is 0.481 e. The van der Waals surface area contributed by atoms with Crippen LogP contribution in [0.1, 0.15) is 30.1 Å². The first-order valence-corrected chi connectivity index (χ1v) is 7.11. The first-order valence-electron chi connectivity index (χ1n) is 6.32. The minimum Gasteiger partial charge on any atom is -0.481 e. The fourth-order valence-corrected chi connectivity index (χ4v) is 2.79. The zero-order valence-electron chi connectivity index (χ0n) is 11.0. The highest BCUT2D eigenvalue weighted by molar-refractivity contribution is 9.10. The molecule has 1 aromatic carbocycles. The monoisotopic (exact) mass is 343 g/mol. The fraction of sp³-hybridized carbons (Fsp3) is 0.429. The third-order valence-electron chi connectivity index (χ3n) is 3.68. The Balaban J connectivity index is 2.25. The molecular weight excluding hydrogens is 329 g/mol. The Morgan fingerprint density at radius 1 is 1.45 bits per heavy atom. The molecule has 6 heteroatoms. The summed E-state index contributed by atoms with van der Waals surface area (Å²) in [5, 5.41) is 9.25. The maximum Gasteiger partial charge on any atom is 0.311 e. The Kier molecular flexibility index (Phi) is 4.13. The Labute approximate surface area is 124 Å². The van der Waals surface area contributed by atoms with E-state index in [2.05, 4.69) is 15.9 Å². The number of aliphatic carboxylic acids is 1. The number of piperidine rings is 1. The molecule has 108 valence electrons. The van der Waals surface area contributed by atoms with Gasteiger partial charge in [-0.15, -0.1) is 0 Å². The summed E-state index contributed by atoms with van der Waals surface area (Å²) in [7, 11) is 0. The lowest BCUT2D eigenvalue weighted by Crippen LogP contribution is -2.48. The van der Waals surface area contributed by atoms with Crippen LogP contribution < -0.4 is 0 Å². The molecule has 0 bridgehead atoms. The van der Waals surface area contributed by atoms with E-state index in [0.29, 0.717) is 19.4 Å². The average Bonchev–Trinajstić information content (AvgIpc) is 2.41. The molecule has 1 saturated heterocycles. The van der Waals surface area contributed by atoms with Crippen LogP contribution >= 0.6 is 15.9 Å². The van der Waals surface area contributed by atoms with Gasteiger partial charge in [-0.25, -0.2) is 4.39 Å². The molecule has 1 N–H and O–H groups in total. The number of carbonyl (C=O) groups excluding carboxylic acids is 1. The lowest BCUT2D eigenvalue weighted by molar-refractivity contribution is -0.150. The van der Waals surface area contributed by atoms with Crippen molar-refractivity contribution in [2.24, 2.45) is 5.41 Å². The Morgan fingerprint density at radius 3 is 2.80 bits per heavy atom. The van der Waals surface area contributed by atoms with Gasteiger partial charge in [0.25, 0.3) is 5.91 Å². The zero-order valence-corrected chi connectivity index (χ0v) is 12.6. The van der Waals surface area contributed by atoms with Crippen LogP contribution in [0.4, 0.5) is 4.39 Å². The smallest absolute Gasteiger partial charge is 0.311 e. The number of benzene rings is 1. The van der Waals surface area contributed by atoms with Crippen molar-refractivity contribution in [1.82, 2.24) is 4.90 Å². The molecule has 1 aromatic rings. The van der Waals surface area contributed by atoms with E-state index in [1.54, 1.807) is 13.0 Å². The molecule has 1 atom stereocenters. The SMILES string of the molecule is CC1(C(=O)O)CCCN(C(=O)c2cccc(Br)c2F)C1. The minimum absolute atomic E-state index is 0.0333. The number of hydrogen-bond acceptors (Lipinski definition) is 2. The van der Waals surface area contributed by atoms with Crippen molar-refractivity contribution in [3.63, 3.8) is 0 Å². The molecule has 1 heterocycles. The summed E-state index contributed by atoms with van der Waals surface area (Å²) >= 11 is 3.04. The van der Waals surface area contributed by atoms with Gasteiger partial charge in [-0.05, 0) is 47.8 Å². The lowest BCUT2D eigenvalue weighted by atomic mass is 9.82. The van der Waals surface area contributed by atoms with Crippen LogP contribution in [-0.4, -0.2) is 35.0 Å². The van der Waals surface area contributed by atoms with Gasteiger partial charge in [0.15, 0.2) is 0 Å². The quantitative estimate of drug-likeness (QED) is 0.898. The number of carbonyl (C=O) groups is 2. The molecule has 0 saturated carbocycles. The van der Waals surface area contributed by atoms with Crippen molar-refractivity contribution in [1.29, 1.82) is 0 Å². The number of nitrogens with zero attached hydrogens (tertiary/aromatic N) is 1. The highest BCUT2D eigenvalue weighted by atomic mass is 79.9. The first kappa shape index (κ1) is 15.0. The summed E-state index contributed by atoms with van der Waals surface area (Å²) in [5.41, 5.74) is -0.995. The molecule has 20 heavy (non-hydrogen) atoms. The molecule has 0 spiro atoms. The highest BCUT2D eigenvalue weighted by Gasteiger charge is 2.39. The van der Waals surface area contributed by atoms with E-state index in [-0.39, 0.29) is 16.6 Å². The van der Waals surface area contributed by atoms with Gasteiger partial charge < -0.3 is 10.0 Å². The van der Waals surface area contributed by atoms with Crippen molar-refractivity contribution in [3.05, 3.63) is 34.1 Å². The van der Waals surface area contributed by atoms with Gasteiger partial charge >= 0.3 is 5.97 Å². The molecule has 1 fully saturated rings. The van der Waals surface area contributed by atoms with E-state index >= 15 is 0 Å². The predicted octanol–water partition coefficient (Wildman–Crippen LogP) is 2.92. The Morgan fingerprint density at radius 2 is 2.15 bits per heavy atom. The van der Waals surface area contributed by atoms with Crippen LogP contribution in [0.3, 0.4) is 0 Å². The number of likely N-dealkylation sites (tertiary alicyclic amines) is 1. The number of amides is 1. The summed E-state index contributed by atoms with van der Waals surface area (Å²) < 4.78 is 14.2. The second kappa shape index (κ2) is 5.52. The van der Waals surface area contributed by atoms with Gasteiger partial charge in [0, 0.05) is 13.1 Å². The number of halogens is 2. The maximum atomic E-state index is 13.9. The molecule has 0 aromatic heterocycles. The van der Waals surface area contributed by atoms with Crippen molar-refractivity contribution < 1.29 is 19.1 Å². The van der Waals surface area contributed by atoms with Crippen LogP contribution in [0.5, 0.6) is 0 Å². The molecule has 2 rings (SSSR count). The number of carboxylic acid groups (broad SMARTS) is 1. The van der Waals surface area contributed by atoms with Gasteiger partial charge in [-0.3, -0.25) is 9.59 Å². The lowest BCUT2D eigenvalue weighted by Gasteiger charge is -2.37. The van der Waals surface area contributed by atoms with E-state index in [4.69, 9.17) is 0 Å². The summed E-state index contributed by atoms with van der Waals surface area (Å²) in [4.78, 5) is 25.1. The molecule has 1 aliphatic heterocycles. The summed E-state index contributed by atoms with van der Waals surface area (Å²) in [6.45, 7) is 2.17. The molecule has 1 aliphatic rings. The van der Waals surface area contributed by atoms with Crippen LogP contribution in [0.15, 0.2) is 22.7 Å². The zero-order chi connectivity index (χ0) is 14.9. The highest BCUT2D eigenvalue weighted by Crippen LogP contribution is 2.31. The van der Waals surface area contributed by atoms with E-state index < -0.39 is 23.1 Å². The van der Waals surface area contributed by atoms with Crippen molar-refractivity contribution in [2.75, 3.05) is 13.1 Å². The predicted molar refractivity (Wildman–Crippen MR) is 75.0 cm³/mol. The van der Waals surface area contributed by atoms with E-state index in [0.717, 1.165) is 0 Å². The van der Waals surface area contributed by atoms with E-state index in [9.17, 15) is 19.1 Å². The van der Waals surface area contributed by atoms with Gasteiger partial charge in [-0.2, -0.15) is 0 Å². The standard InChI is InChI=1S/C14H15BrFNO3/c1-14(13(19)20)6-3-7-17(8-14)12(18)9-4-2-5-10(15)11(9)16/h2,4-5H,3,6-8H2,1H3,(H,19,20). The van der Waals surface area contributed by atoms with E-state index in [1.807, 2.05) is 0 Å². The summed E-state index contributed by atoms with van der Waals surface area (Å²) in [6.07, 6.45) is 1.12. The van der Waals surface area contributed by atoms with Gasteiger partial charge in [0.05, 0.1) is 15.5 Å². The Bertz CT molecular complexity index is 563. The normalized spacial score (nSPS) is 22.6. The van der Waals surface area contributed by atoms with Crippen LogP contribution in [-0.2, 0) is 4.79 Å². The minimum atomic E-state index is -0.962.